The van der Waals surface area contributed by atoms with Gasteiger partial charge in [-0.2, -0.15) is 0 Å². The molecule has 0 aliphatic carbocycles. The largest absolute Gasteiger partial charge is 0.330 e. The summed E-state index contributed by atoms with van der Waals surface area (Å²) in [7, 11) is 0. The van der Waals surface area contributed by atoms with Crippen molar-refractivity contribution in [3.05, 3.63) is 0 Å². The van der Waals surface area contributed by atoms with Crippen LogP contribution in [0.15, 0.2) is 0 Å². The van der Waals surface area contributed by atoms with Gasteiger partial charge in [-0.05, 0) is 45.8 Å². The predicted molar refractivity (Wildman–Crippen MR) is 43.9 cm³/mol. The Morgan fingerprint density at radius 2 is 2.40 bits per heavy atom. The second-order valence-electron chi connectivity index (χ2n) is 3.17. The molecule has 1 rings (SSSR count). The number of nitrogens with zero attached hydrogens (tertiary/aromatic N) is 1. The molecule has 0 saturated carbocycles. The molecule has 1 aliphatic rings. The Balaban J connectivity index is 2.14. The van der Waals surface area contributed by atoms with Crippen LogP contribution in [0.3, 0.4) is 0 Å². The van der Waals surface area contributed by atoms with E-state index in [-0.39, 0.29) is 0 Å². The van der Waals surface area contributed by atoms with Gasteiger partial charge in [-0.15, -0.1) is 0 Å². The van der Waals surface area contributed by atoms with E-state index in [1.807, 2.05) is 0 Å². The molecule has 0 aromatic rings. The molecule has 1 heterocycles. The fraction of sp³-hybridized carbons (Fsp3) is 1.00. The lowest BCUT2D eigenvalue weighted by Crippen LogP contribution is -2.29. The molecule has 1 saturated heterocycles. The van der Waals surface area contributed by atoms with Crippen LogP contribution >= 0.6 is 0 Å². The molecular weight excluding hydrogens is 124 g/mol. The maximum atomic E-state index is 5.43. The second kappa shape index (κ2) is 3.94. The van der Waals surface area contributed by atoms with Crippen LogP contribution in [0.25, 0.3) is 0 Å². The summed E-state index contributed by atoms with van der Waals surface area (Å²) in [5, 5.41) is 0. The summed E-state index contributed by atoms with van der Waals surface area (Å²) in [6, 6.07) is 0.812. The van der Waals surface area contributed by atoms with Crippen molar-refractivity contribution in [2.24, 2.45) is 5.73 Å². The van der Waals surface area contributed by atoms with Gasteiger partial charge in [0.2, 0.25) is 0 Å². The third-order valence-electron chi connectivity index (χ3n) is 2.34. The minimum Gasteiger partial charge on any atom is -0.330 e. The van der Waals surface area contributed by atoms with Crippen molar-refractivity contribution in [1.29, 1.82) is 0 Å². The molecule has 1 unspecified atom stereocenters. The lowest BCUT2D eigenvalue weighted by molar-refractivity contribution is 0.267. The normalized spacial score (nSPS) is 27.6. The summed E-state index contributed by atoms with van der Waals surface area (Å²) in [5.41, 5.74) is 5.43. The summed E-state index contributed by atoms with van der Waals surface area (Å²) in [6.07, 6.45) is 3.92. The van der Waals surface area contributed by atoms with Crippen molar-refractivity contribution < 1.29 is 0 Å². The molecule has 0 radical (unpaired) electrons. The van der Waals surface area contributed by atoms with Crippen LogP contribution in [-0.4, -0.2) is 30.6 Å². The first-order chi connectivity index (χ1) is 4.84. The van der Waals surface area contributed by atoms with Crippen molar-refractivity contribution in [3.63, 3.8) is 0 Å². The second-order valence-corrected chi connectivity index (χ2v) is 3.17. The zero-order chi connectivity index (χ0) is 7.40. The van der Waals surface area contributed by atoms with Gasteiger partial charge in [0.25, 0.3) is 0 Å². The van der Waals surface area contributed by atoms with Gasteiger partial charge in [0.15, 0.2) is 0 Å². The average Bonchev–Trinajstić information content (AvgIpc) is 2.31. The standard InChI is InChI=1S/C8H18N2/c1-8-4-2-6-10(8)7-3-5-9/h8H,2-7,9H2,1H3. The van der Waals surface area contributed by atoms with E-state index in [1.54, 1.807) is 0 Å². The van der Waals surface area contributed by atoms with E-state index in [2.05, 4.69) is 11.8 Å². The molecule has 10 heavy (non-hydrogen) atoms. The summed E-state index contributed by atoms with van der Waals surface area (Å²) in [5.74, 6) is 0. The third-order valence-corrected chi connectivity index (χ3v) is 2.34. The van der Waals surface area contributed by atoms with Crippen LogP contribution in [0.2, 0.25) is 0 Å². The Morgan fingerprint density at radius 3 is 2.90 bits per heavy atom. The zero-order valence-corrected chi connectivity index (χ0v) is 6.84. The Morgan fingerprint density at radius 1 is 1.60 bits per heavy atom. The van der Waals surface area contributed by atoms with Crippen molar-refractivity contribution in [2.45, 2.75) is 32.2 Å². The molecule has 1 atom stereocenters. The van der Waals surface area contributed by atoms with Crippen LogP contribution in [0, 0.1) is 0 Å². The minimum absolute atomic E-state index is 0.812. The van der Waals surface area contributed by atoms with Crippen molar-refractivity contribution in [1.82, 2.24) is 4.90 Å². The fourth-order valence-corrected chi connectivity index (χ4v) is 1.62. The van der Waals surface area contributed by atoms with E-state index in [1.165, 1.54) is 25.9 Å². The van der Waals surface area contributed by atoms with Gasteiger partial charge >= 0.3 is 0 Å². The van der Waals surface area contributed by atoms with Crippen molar-refractivity contribution >= 4 is 0 Å². The molecule has 0 spiro atoms. The van der Waals surface area contributed by atoms with E-state index < -0.39 is 0 Å². The van der Waals surface area contributed by atoms with E-state index >= 15 is 0 Å². The maximum Gasteiger partial charge on any atom is 0.00674 e. The summed E-state index contributed by atoms with van der Waals surface area (Å²) in [6.45, 7) is 5.64. The number of rotatable bonds is 3. The molecule has 1 fully saturated rings. The SMILES string of the molecule is CC1CCCN1CCCN. The highest BCUT2D eigenvalue weighted by Gasteiger charge is 2.18. The first kappa shape index (κ1) is 8.02. The number of hydrogen-bond acceptors (Lipinski definition) is 2. The number of nitrogens with two attached hydrogens (primary N) is 1. The van der Waals surface area contributed by atoms with Crippen LogP contribution in [0.4, 0.5) is 0 Å². The molecule has 0 amide bonds. The zero-order valence-electron chi connectivity index (χ0n) is 6.84. The Hall–Kier alpha value is -0.0800. The summed E-state index contributed by atoms with van der Waals surface area (Å²) >= 11 is 0. The summed E-state index contributed by atoms with van der Waals surface area (Å²) in [4.78, 5) is 2.53. The molecule has 60 valence electrons. The monoisotopic (exact) mass is 142 g/mol. The lowest BCUT2D eigenvalue weighted by atomic mass is 10.2. The molecule has 0 bridgehead atoms. The quantitative estimate of drug-likeness (QED) is 0.632. The topological polar surface area (TPSA) is 29.3 Å². The van der Waals surface area contributed by atoms with Gasteiger partial charge in [-0.3, -0.25) is 0 Å². The Labute approximate surface area is 63.4 Å². The molecule has 2 N–H and O–H groups in total. The van der Waals surface area contributed by atoms with Gasteiger partial charge in [0.1, 0.15) is 0 Å². The number of hydrogen-bond donors (Lipinski definition) is 1. The van der Waals surface area contributed by atoms with Gasteiger partial charge in [-0.1, -0.05) is 0 Å². The highest BCUT2D eigenvalue weighted by molar-refractivity contribution is 4.74. The lowest BCUT2D eigenvalue weighted by Gasteiger charge is -2.19. The molecule has 0 aromatic heterocycles. The van der Waals surface area contributed by atoms with Crippen LogP contribution in [0.5, 0.6) is 0 Å². The molecule has 2 nitrogen and oxygen atoms in total. The van der Waals surface area contributed by atoms with E-state index in [4.69, 9.17) is 5.73 Å². The Bertz CT molecular complexity index is 93.3. The van der Waals surface area contributed by atoms with Crippen LogP contribution < -0.4 is 5.73 Å². The first-order valence-corrected chi connectivity index (χ1v) is 4.28. The Kier molecular flexibility index (Phi) is 3.16. The van der Waals surface area contributed by atoms with Gasteiger partial charge in [0.05, 0.1) is 0 Å². The molecule has 0 aromatic carbocycles. The first-order valence-electron chi connectivity index (χ1n) is 4.28. The number of likely N-dealkylation sites (tertiary alicyclic amines) is 1. The third kappa shape index (κ3) is 1.96. The van der Waals surface area contributed by atoms with E-state index in [0.29, 0.717) is 0 Å². The molecular formula is C8H18N2. The van der Waals surface area contributed by atoms with Crippen molar-refractivity contribution in [2.75, 3.05) is 19.6 Å². The van der Waals surface area contributed by atoms with Gasteiger partial charge in [-0.25, -0.2) is 0 Å². The van der Waals surface area contributed by atoms with Crippen LogP contribution in [0.1, 0.15) is 26.2 Å². The van der Waals surface area contributed by atoms with E-state index in [0.717, 1.165) is 19.0 Å². The highest BCUT2D eigenvalue weighted by atomic mass is 15.2. The smallest absolute Gasteiger partial charge is 0.00674 e. The van der Waals surface area contributed by atoms with Crippen molar-refractivity contribution in [3.8, 4) is 0 Å². The highest BCUT2D eigenvalue weighted by Crippen LogP contribution is 2.15. The average molecular weight is 142 g/mol. The molecule has 1 aliphatic heterocycles. The molecule has 2 heteroatoms. The van der Waals surface area contributed by atoms with Crippen LogP contribution in [-0.2, 0) is 0 Å². The minimum atomic E-state index is 0.812. The predicted octanol–water partition coefficient (Wildman–Crippen LogP) is 0.820. The fourth-order valence-electron chi connectivity index (χ4n) is 1.62. The van der Waals surface area contributed by atoms with Gasteiger partial charge in [0, 0.05) is 6.04 Å². The van der Waals surface area contributed by atoms with E-state index in [9.17, 15) is 0 Å². The summed E-state index contributed by atoms with van der Waals surface area (Å²) < 4.78 is 0. The maximum absolute atomic E-state index is 5.43. The van der Waals surface area contributed by atoms with Gasteiger partial charge < -0.3 is 10.6 Å².